The van der Waals surface area contributed by atoms with Crippen molar-refractivity contribution in [2.75, 3.05) is 20.2 Å². The maximum Gasteiger partial charge on any atom is 0.122 e. The van der Waals surface area contributed by atoms with E-state index in [9.17, 15) is 0 Å². The zero-order valence-electron chi connectivity index (χ0n) is 13.2. The quantitative estimate of drug-likeness (QED) is 0.783. The Bertz CT molecular complexity index is 416. The van der Waals surface area contributed by atoms with Gasteiger partial charge in [0.1, 0.15) is 5.75 Å². The van der Waals surface area contributed by atoms with Crippen molar-refractivity contribution in [3.8, 4) is 5.75 Å². The fourth-order valence-corrected chi connectivity index (χ4v) is 3.47. The van der Waals surface area contributed by atoms with Gasteiger partial charge in [-0.1, -0.05) is 37.5 Å². The highest BCUT2D eigenvalue weighted by atomic mass is 16.5. The average molecular weight is 275 g/mol. The highest BCUT2D eigenvalue weighted by molar-refractivity contribution is 5.40. The lowest BCUT2D eigenvalue weighted by atomic mass is 9.75. The number of methoxy groups -OCH3 is 1. The van der Waals surface area contributed by atoms with Crippen molar-refractivity contribution < 1.29 is 4.74 Å². The van der Waals surface area contributed by atoms with Crippen LogP contribution in [-0.2, 0) is 0 Å². The minimum absolute atomic E-state index is 0.656. The summed E-state index contributed by atoms with van der Waals surface area (Å²) in [6.45, 7) is 6.69. The summed E-state index contributed by atoms with van der Waals surface area (Å²) in [5.74, 6) is 2.48. The number of ether oxygens (including phenoxy) is 1. The molecule has 0 aliphatic heterocycles. The normalized spacial score (nSPS) is 22.8. The van der Waals surface area contributed by atoms with E-state index >= 15 is 0 Å². The van der Waals surface area contributed by atoms with E-state index in [-0.39, 0.29) is 0 Å². The maximum atomic E-state index is 5.61. The van der Waals surface area contributed by atoms with Crippen molar-refractivity contribution in [3.63, 3.8) is 0 Å². The van der Waals surface area contributed by atoms with E-state index in [1.165, 1.54) is 43.2 Å². The molecule has 1 fully saturated rings. The largest absolute Gasteiger partial charge is 0.496 e. The highest BCUT2D eigenvalue weighted by Gasteiger charge is 2.28. The van der Waals surface area contributed by atoms with Crippen LogP contribution in [0.2, 0.25) is 0 Å². The van der Waals surface area contributed by atoms with Crippen LogP contribution in [0, 0.1) is 12.8 Å². The predicted molar refractivity (Wildman–Crippen MR) is 85.6 cm³/mol. The van der Waals surface area contributed by atoms with Gasteiger partial charge in [-0.25, -0.2) is 0 Å². The lowest BCUT2D eigenvalue weighted by molar-refractivity contribution is 0.288. The summed E-state index contributed by atoms with van der Waals surface area (Å²) in [6.07, 6.45) is 6.59. The number of rotatable bonds is 6. The fraction of sp³-hybridized carbons (Fsp3) is 0.667. The first-order valence-electron chi connectivity index (χ1n) is 8.11. The minimum Gasteiger partial charge on any atom is -0.496 e. The Morgan fingerprint density at radius 2 is 2.05 bits per heavy atom. The maximum absolute atomic E-state index is 5.61. The molecule has 112 valence electrons. The molecule has 0 spiro atoms. The summed E-state index contributed by atoms with van der Waals surface area (Å²) in [5.41, 5.74) is 2.77. The molecule has 0 radical (unpaired) electrons. The Hall–Kier alpha value is -1.02. The van der Waals surface area contributed by atoms with Gasteiger partial charge in [0, 0.05) is 0 Å². The molecule has 2 heteroatoms. The van der Waals surface area contributed by atoms with E-state index in [0.717, 1.165) is 24.8 Å². The van der Waals surface area contributed by atoms with Crippen LogP contribution < -0.4 is 10.1 Å². The third kappa shape index (κ3) is 3.76. The van der Waals surface area contributed by atoms with Gasteiger partial charge in [-0.15, -0.1) is 0 Å². The molecular weight excluding hydrogens is 246 g/mol. The van der Waals surface area contributed by atoms with Crippen molar-refractivity contribution in [3.05, 3.63) is 29.3 Å². The zero-order chi connectivity index (χ0) is 14.4. The topological polar surface area (TPSA) is 21.3 Å². The molecule has 1 aromatic carbocycles. The molecule has 1 aromatic rings. The predicted octanol–water partition coefficient (Wildman–Crippen LogP) is 4.28. The SMILES string of the molecule is CCCNCC1CCCCC1c1cc(C)ccc1OC. The number of aryl methyl sites for hydroxylation is 1. The van der Waals surface area contributed by atoms with Gasteiger partial charge in [-0.2, -0.15) is 0 Å². The molecule has 1 aliphatic rings. The van der Waals surface area contributed by atoms with Crippen LogP contribution in [-0.4, -0.2) is 20.2 Å². The Kier molecular flexibility index (Phi) is 5.90. The van der Waals surface area contributed by atoms with Crippen LogP contribution in [0.5, 0.6) is 5.75 Å². The first-order valence-corrected chi connectivity index (χ1v) is 8.11. The molecule has 2 rings (SSSR count). The second-order valence-corrected chi connectivity index (χ2v) is 6.10. The van der Waals surface area contributed by atoms with Gasteiger partial charge in [-0.05, 0) is 62.7 Å². The third-order valence-corrected chi connectivity index (χ3v) is 4.53. The Morgan fingerprint density at radius 1 is 1.25 bits per heavy atom. The standard InChI is InChI=1S/C18H29NO/c1-4-11-19-13-15-7-5-6-8-16(15)17-12-14(2)9-10-18(17)20-3/h9-10,12,15-16,19H,4-8,11,13H2,1-3H3. The fourth-order valence-electron chi connectivity index (χ4n) is 3.47. The van der Waals surface area contributed by atoms with Crippen LogP contribution in [0.3, 0.4) is 0 Å². The van der Waals surface area contributed by atoms with Crippen molar-refractivity contribution in [2.45, 2.75) is 51.9 Å². The lowest BCUT2D eigenvalue weighted by Gasteiger charge is -2.33. The molecule has 2 atom stereocenters. The first-order chi connectivity index (χ1) is 9.76. The van der Waals surface area contributed by atoms with Crippen molar-refractivity contribution in [2.24, 2.45) is 5.92 Å². The van der Waals surface area contributed by atoms with Crippen molar-refractivity contribution in [1.29, 1.82) is 0 Å². The summed E-state index contributed by atoms with van der Waals surface area (Å²) >= 11 is 0. The number of hydrogen-bond donors (Lipinski definition) is 1. The Balaban J connectivity index is 2.16. The molecule has 0 bridgehead atoms. The van der Waals surface area contributed by atoms with Gasteiger partial charge < -0.3 is 10.1 Å². The van der Waals surface area contributed by atoms with Crippen LogP contribution in [0.1, 0.15) is 56.1 Å². The van der Waals surface area contributed by atoms with Gasteiger partial charge >= 0.3 is 0 Å². The third-order valence-electron chi connectivity index (χ3n) is 4.53. The average Bonchev–Trinajstić information content (AvgIpc) is 2.48. The van der Waals surface area contributed by atoms with E-state index < -0.39 is 0 Å². The molecule has 0 saturated heterocycles. The first kappa shape index (κ1) is 15.4. The summed E-state index contributed by atoms with van der Waals surface area (Å²) in [5, 5.41) is 3.62. The molecular formula is C18H29NO. The van der Waals surface area contributed by atoms with Crippen LogP contribution >= 0.6 is 0 Å². The smallest absolute Gasteiger partial charge is 0.122 e. The summed E-state index contributed by atoms with van der Waals surface area (Å²) < 4.78 is 5.61. The highest BCUT2D eigenvalue weighted by Crippen LogP contribution is 2.41. The number of benzene rings is 1. The molecule has 2 unspecified atom stereocenters. The molecule has 2 nitrogen and oxygen atoms in total. The van der Waals surface area contributed by atoms with Crippen LogP contribution in [0.25, 0.3) is 0 Å². The van der Waals surface area contributed by atoms with E-state index in [0.29, 0.717) is 5.92 Å². The summed E-state index contributed by atoms with van der Waals surface area (Å²) in [4.78, 5) is 0. The molecule has 20 heavy (non-hydrogen) atoms. The second kappa shape index (κ2) is 7.68. The van der Waals surface area contributed by atoms with Gasteiger partial charge in [-0.3, -0.25) is 0 Å². The van der Waals surface area contributed by atoms with Crippen molar-refractivity contribution in [1.82, 2.24) is 5.32 Å². The van der Waals surface area contributed by atoms with E-state index in [1.807, 2.05) is 0 Å². The number of nitrogens with one attached hydrogen (secondary N) is 1. The van der Waals surface area contributed by atoms with Gasteiger partial charge in [0.2, 0.25) is 0 Å². The number of hydrogen-bond acceptors (Lipinski definition) is 2. The Labute approximate surface area is 123 Å². The van der Waals surface area contributed by atoms with Crippen LogP contribution in [0.4, 0.5) is 0 Å². The molecule has 0 amide bonds. The van der Waals surface area contributed by atoms with Crippen LogP contribution in [0.15, 0.2) is 18.2 Å². The van der Waals surface area contributed by atoms with E-state index in [1.54, 1.807) is 7.11 Å². The van der Waals surface area contributed by atoms with Gasteiger partial charge in [0.05, 0.1) is 7.11 Å². The molecule has 1 saturated carbocycles. The van der Waals surface area contributed by atoms with E-state index in [4.69, 9.17) is 4.74 Å². The molecule has 1 aliphatic carbocycles. The summed E-state index contributed by atoms with van der Waals surface area (Å²) in [6, 6.07) is 6.62. The lowest BCUT2D eigenvalue weighted by Crippen LogP contribution is -2.30. The Morgan fingerprint density at radius 3 is 2.80 bits per heavy atom. The molecule has 0 aromatic heterocycles. The molecule has 0 heterocycles. The molecule has 1 N–H and O–H groups in total. The van der Waals surface area contributed by atoms with Gasteiger partial charge in [0.25, 0.3) is 0 Å². The summed E-state index contributed by atoms with van der Waals surface area (Å²) in [7, 11) is 1.79. The second-order valence-electron chi connectivity index (χ2n) is 6.10. The zero-order valence-corrected chi connectivity index (χ0v) is 13.2. The van der Waals surface area contributed by atoms with Crippen molar-refractivity contribution >= 4 is 0 Å². The van der Waals surface area contributed by atoms with E-state index in [2.05, 4.69) is 37.4 Å². The van der Waals surface area contributed by atoms with Gasteiger partial charge in [0.15, 0.2) is 0 Å². The minimum atomic E-state index is 0.656. The monoisotopic (exact) mass is 275 g/mol.